The maximum atomic E-state index is 11.9. The van der Waals surface area contributed by atoms with E-state index in [1.807, 2.05) is 19.1 Å². The Hall–Kier alpha value is -2.62. The fraction of sp³-hybridized carbons (Fsp3) is 0.125. The molecular formula is C16H14O4. The highest BCUT2D eigenvalue weighted by molar-refractivity contribution is 5.97. The summed E-state index contributed by atoms with van der Waals surface area (Å²) in [6.07, 6.45) is 0. The minimum atomic E-state index is -1.03. The van der Waals surface area contributed by atoms with Gasteiger partial charge in [-0.05, 0) is 25.1 Å². The van der Waals surface area contributed by atoms with Gasteiger partial charge < -0.3 is 9.84 Å². The van der Waals surface area contributed by atoms with E-state index in [9.17, 15) is 9.59 Å². The Morgan fingerprint density at radius 2 is 1.75 bits per heavy atom. The fourth-order valence-corrected chi connectivity index (χ4v) is 1.69. The van der Waals surface area contributed by atoms with Crippen LogP contribution in [0, 0.1) is 6.92 Å². The van der Waals surface area contributed by atoms with Crippen molar-refractivity contribution in [3.05, 3.63) is 65.2 Å². The molecule has 0 heterocycles. The largest absolute Gasteiger partial charge is 0.485 e. The number of ketones is 1. The molecule has 0 aromatic heterocycles. The van der Waals surface area contributed by atoms with Crippen molar-refractivity contribution in [1.29, 1.82) is 0 Å². The maximum Gasteiger partial charge on any atom is 0.335 e. The average Bonchev–Trinajstić information content (AvgIpc) is 2.46. The second-order valence-corrected chi connectivity index (χ2v) is 4.41. The monoisotopic (exact) mass is 270 g/mol. The lowest BCUT2D eigenvalue weighted by atomic mass is 10.1. The van der Waals surface area contributed by atoms with Crippen molar-refractivity contribution in [1.82, 2.24) is 0 Å². The minimum absolute atomic E-state index is 0.119. The van der Waals surface area contributed by atoms with Gasteiger partial charge in [0.1, 0.15) is 5.75 Å². The normalized spacial score (nSPS) is 10.1. The molecule has 0 fully saturated rings. The molecule has 0 saturated carbocycles. The summed E-state index contributed by atoms with van der Waals surface area (Å²) in [5.74, 6) is -0.809. The first-order chi connectivity index (χ1) is 9.56. The summed E-state index contributed by atoms with van der Waals surface area (Å²) in [5, 5.41) is 8.87. The molecule has 0 aliphatic carbocycles. The maximum absolute atomic E-state index is 11.9. The van der Waals surface area contributed by atoms with E-state index in [-0.39, 0.29) is 18.0 Å². The van der Waals surface area contributed by atoms with Crippen molar-refractivity contribution in [2.75, 3.05) is 6.61 Å². The van der Waals surface area contributed by atoms with Crippen LogP contribution in [0.4, 0.5) is 0 Å². The lowest BCUT2D eigenvalue weighted by Gasteiger charge is -2.06. The van der Waals surface area contributed by atoms with Gasteiger partial charge in [-0.15, -0.1) is 0 Å². The van der Waals surface area contributed by atoms with E-state index < -0.39 is 5.97 Å². The van der Waals surface area contributed by atoms with Crippen LogP contribution >= 0.6 is 0 Å². The number of benzene rings is 2. The molecule has 2 aromatic rings. The topological polar surface area (TPSA) is 63.6 Å². The van der Waals surface area contributed by atoms with Gasteiger partial charge in [-0.2, -0.15) is 0 Å². The first-order valence-electron chi connectivity index (χ1n) is 6.12. The third-order valence-corrected chi connectivity index (χ3v) is 2.82. The SMILES string of the molecule is Cc1ccc(C(=O)COc2cccc(C(=O)O)c2)cc1. The molecule has 4 nitrogen and oxygen atoms in total. The summed E-state index contributed by atoms with van der Waals surface area (Å²) in [4.78, 5) is 22.7. The van der Waals surface area contributed by atoms with Crippen molar-refractivity contribution in [2.45, 2.75) is 6.92 Å². The van der Waals surface area contributed by atoms with Gasteiger partial charge in [-0.3, -0.25) is 4.79 Å². The van der Waals surface area contributed by atoms with Gasteiger partial charge in [-0.25, -0.2) is 4.79 Å². The van der Waals surface area contributed by atoms with E-state index in [0.29, 0.717) is 11.3 Å². The third kappa shape index (κ3) is 3.45. The standard InChI is InChI=1S/C16H14O4/c1-11-5-7-12(8-6-11)15(17)10-20-14-4-2-3-13(9-14)16(18)19/h2-9H,10H2,1H3,(H,18,19). The predicted octanol–water partition coefficient (Wildman–Crippen LogP) is 2.95. The Kier molecular flexibility index (Phi) is 4.15. The zero-order chi connectivity index (χ0) is 14.5. The molecule has 0 unspecified atom stereocenters. The van der Waals surface area contributed by atoms with E-state index in [2.05, 4.69) is 0 Å². The Bertz CT molecular complexity index is 629. The van der Waals surface area contributed by atoms with Crippen LogP contribution in [0.2, 0.25) is 0 Å². The van der Waals surface area contributed by atoms with Crippen LogP contribution in [0.25, 0.3) is 0 Å². The van der Waals surface area contributed by atoms with Crippen molar-refractivity contribution in [2.24, 2.45) is 0 Å². The molecule has 0 bridgehead atoms. The number of ether oxygens (including phenoxy) is 1. The van der Waals surface area contributed by atoms with Crippen LogP contribution in [0.15, 0.2) is 48.5 Å². The second-order valence-electron chi connectivity index (χ2n) is 4.41. The molecule has 0 saturated heterocycles. The summed E-state index contributed by atoms with van der Waals surface area (Å²) in [6.45, 7) is 1.83. The van der Waals surface area contributed by atoms with Gasteiger partial charge in [0.25, 0.3) is 0 Å². The van der Waals surface area contributed by atoms with Crippen LogP contribution in [0.5, 0.6) is 5.75 Å². The molecule has 4 heteroatoms. The molecule has 0 aliphatic heterocycles. The number of carbonyl (C=O) groups excluding carboxylic acids is 1. The number of hydrogen-bond acceptors (Lipinski definition) is 3. The Labute approximate surface area is 116 Å². The van der Waals surface area contributed by atoms with Gasteiger partial charge in [-0.1, -0.05) is 35.9 Å². The number of carboxylic acids is 1. The third-order valence-electron chi connectivity index (χ3n) is 2.82. The van der Waals surface area contributed by atoms with Crippen LogP contribution in [-0.2, 0) is 0 Å². The molecule has 2 aromatic carbocycles. The van der Waals surface area contributed by atoms with Crippen molar-refractivity contribution < 1.29 is 19.4 Å². The Balaban J connectivity index is 2.01. The molecular weight excluding hydrogens is 256 g/mol. The zero-order valence-electron chi connectivity index (χ0n) is 11.0. The summed E-state index contributed by atoms with van der Waals surface area (Å²) >= 11 is 0. The van der Waals surface area contributed by atoms with Gasteiger partial charge in [0, 0.05) is 5.56 Å². The van der Waals surface area contributed by atoms with Gasteiger partial charge in [0.2, 0.25) is 0 Å². The minimum Gasteiger partial charge on any atom is -0.485 e. The molecule has 0 spiro atoms. The highest BCUT2D eigenvalue weighted by Crippen LogP contribution is 2.14. The number of aromatic carboxylic acids is 1. The van der Waals surface area contributed by atoms with Crippen molar-refractivity contribution in [3.8, 4) is 5.75 Å². The highest BCUT2D eigenvalue weighted by Gasteiger charge is 2.08. The molecule has 102 valence electrons. The molecule has 1 N–H and O–H groups in total. The van der Waals surface area contributed by atoms with Gasteiger partial charge in [0.15, 0.2) is 12.4 Å². The molecule has 0 amide bonds. The van der Waals surface area contributed by atoms with Crippen LogP contribution in [-0.4, -0.2) is 23.5 Å². The molecule has 0 aliphatic rings. The van der Waals surface area contributed by atoms with E-state index in [1.165, 1.54) is 12.1 Å². The Morgan fingerprint density at radius 3 is 2.40 bits per heavy atom. The first-order valence-corrected chi connectivity index (χ1v) is 6.12. The molecule has 2 rings (SSSR count). The number of carbonyl (C=O) groups is 2. The van der Waals surface area contributed by atoms with Crippen molar-refractivity contribution in [3.63, 3.8) is 0 Å². The zero-order valence-corrected chi connectivity index (χ0v) is 11.0. The second kappa shape index (κ2) is 6.02. The van der Waals surface area contributed by atoms with E-state index in [0.717, 1.165) is 5.56 Å². The van der Waals surface area contributed by atoms with Gasteiger partial charge >= 0.3 is 5.97 Å². The number of hydrogen-bond donors (Lipinski definition) is 1. The lowest BCUT2D eigenvalue weighted by Crippen LogP contribution is -2.11. The number of carboxylic acid groups (broad SMARTS) is 1. The number of aryl methyl sites for hydroxylation is 1. The first kappa shape index (κ1) is 13.8. The van der Waals surface area contributed by atoms with E-state index in [1.54, 1.807) is 24.3 Å². The van der Waals surface area contributed by atoms with Gasteiger partial charge in [0.05, 0.1) is 5.56 Å². The highest BCUT2D eigenvalue weighted by atomic mass is 16.5. The quantitative estimate of drug-likeness (QED) is 0.848. The van der Waals surface area contributed by atoms with Crippen LogP contribution < -0.4 is 4.74 Å². The van der Waals surface area contributed by atoms with E-state index >= 15 is 0 Å². The molecule has 0 radical (unpaired) electrons. The molecule has 0 atom stereocenters. The van der Waals surface area contributed by atoms with Crippen LogP contribution in [0.3, 0.4) is 0 Å². The summed E-state index contributed by atoms with van der Waals surface area (Å²) in [6, 6.07) is 13.3. The summed E-state index contributed by atoms with van der Waals surface area (Å²) < 4.78 is 5.33. The number of Topliss-reactive ketones (excluding diaryl/α,β-unsaturated/α-hetero) is 1. The van der Waals surface area contributed by atoms with Crippen molar-refractivity contribution >= 4 is 11.8 Å². The fourth-order valence-electron chi connectivity index (χ4n) is 1.69. The summed E-state index contributed by atoms with van der Waals surface area (Å²) in [5.41, 5.74) is 1.78. The van der Waals surface area contributed by atoms with Crippen LogP contribution in [0.1, 0.15) is 26.3 Å². The Morgan fingerprint density at radius 1 is 1.05 bits per heavy atom. The molecule has 20 heavy (non-hydrogen) atoms. The average molecular weight is 270 g/mol. The number of rotatable bonds is 5. The predicted molar refractivity (Wildman–Crippen MR) is 74.4 cm³/mol. The summed E-state index contributed by atoms with van der Waals surface area (Å²) in [7, 11) is 0. The smallest absolute Gasteiger partial charge is 0.335 e. The lowest BCUT2D eigenvalue weighted by molar-refractivity contribution is 0.0696. The van der Waals surface area contributed by atoms with E-state index in [4.69, 9.17) is 9.84 Å².